The molecule has 1 saturated heterocycles. The largest absolute Gasteiger partial charge is 0.379 e. The van der Waals surface area contributed by atoms with Gasteiger partial charge in [0.25, 0.3) is 10.0 Å². The number of ether oxygens (including phenoxy) is 1. The van der Waals surface area contributed by atoms with Gasteiger partial charge in [-0.2, -0.15) is 4.31 Å². The lowest BCUT2D eigenvalue weighted by Crippen LogP contribution is -2.40. The minimum absolute atomic E-state index is 0.117. The fourth-order valence-corrected chi connectivity index (χ4v) is 3.86. The predicted molar refractivity (Wildman–Crippen MR) is 91.6 cm³/mol. The number of rotatable bonds is 5. The number of benzene rings is 1. The van der Waals surface area contributed by atoms with Crippen molar-refractivity contribution in [3.63, 3.8) is 0 Å². The molecule has 8 nitrogen and oxygen atoms in total. The van der Waals surface area contributed by atoms with Crippen LogP contribution in [0.15, 0.2) is 35.7 Å². The average molecular weight is 382 g/mol. The SMILES string of the molecule is Cc1ccc(NC(=O)Cn2cnc(S(=O)(=O)N3CCOCC3)c2)cc1F. The third-order valence-corrected chi connectivity index (χ3v) is 5.75. The molecule has 140 valence electrons. The number of hydrogen-bond acceptors (Lipinski definition) is 5. The number of anilines is 1. The Hall–Kier alpha value is -2.30. The monoisotopic (exact) mass is 382 g/mol. The van der Waals surface area contributed by atoms with Gasteiger partial charge < -0.3 is 14.6 Å². The predicted octanol–water partition coefficient (Wildman–Crippen LogP) is 0.990. The van der Waals surface area contributed by atoms with E-state index < -0.39 is 21.7 Å². The van der Waals surface area contributed by atoms with Gasteiger partial charge in [0, 0.05) is 25.0 Å². The van der Waals surface area contributed by atoms with Gasteiger partial charge in [-0.15, -0.1) is 0 Å². The van der Waals surface area contributed by atoms with E-state index in [1.165, 1.54) is 27.5 Å². The van der Waals surface area contributed by atoms with Gasteiger partial charge in [0.15, 0.2) is 5.03 Å². The molecule has 3 rings (SSSR count). The Morgan fingerprint density at radius 1 is 1.35 bits per heavy atom. The first-order chi connectivity index (χ1) is 12.4. The summed E-state index contributed by atoms with van der Waals surface area (Å²) < 4.78 is 46.3. The van der Waals surface area contributed by atoms with Gasteiger partial charge in [-0.3, -0.25) is 4.79 Å². The maximum atomic E-state index is 13.5. The van der Waals surface area contributed by atoms with Gasteiger partial charge in [0.2, 0.25) is 5.91 Å². The summed E-state index contributed by atoms with van der Waals surface area (Å²) in [6, 6.07) is 4.39. The van der Waals surface area contributed by atoms with Crippen molar-refractivity contribution in [3.05, 3.63) is 42.1 Å². The second-order valence-corrected chi connectivity index (χ2v) is 7.80. The van der Waals surface area contributed by atoms with Gasteiger partial charge in [0.1, 0.15) is 12.4 Å². The van der Waals surface area contributed by atoms with Crippen LogP contribution in [-0.4, -0.2) is 54.5 Å². The van der Waals surface area contributed by atoms with Crippen LogP contribution in [0.3, 0.4) is 0 Å². The molecule has 0 atom stereocenters. The topological polar surface area (TPSA) is 93.5 Å². The maximum Gasteiger partial charge on any atom is 0.262 e. The highest BCUT2D eigenvalue weighted by atomic mass is 32.2. The Kier molecular flexibility index (Phi) is 5.35. The quantitative estimate of drug-likeness (QED) is 0.832. The minimum Gasteiger partial charge on any atom is -0.379 e. The lowest BCUT2D eigenvalue weighted by atomic mass is 10.2. The minimum atomic E-state index is -3.71. The van der Waals surface area contributed by atoms with Gasteiger partial charge in [-0.25, -0.2) is 17.8 Å². The molecule has 0 saturated carbocycles. The maximum absolute atomic E-state index is 13.5. The number of aromatic nitrogens is 2. The summed E-state index contributed by atoms with van der Waals surface area (Å²) in [7, 11) is -3.71. The average Bonchev–Trinajstić information content (AvgIpc) is 3.08. The van der Waals surface area contributed by atoms with E-state index >= 15 is 0 Å². The highest BCUT2D eigenvalue weighted by molar-refractivity contribution is 7.89. The first-order valence-corrected chi connectivity index (χ1v) is 9.46. The summed E-state index contributed by atoms with van der Waals surface area (Å²) in [4.78, 5) is 16.0. The molecule has 1 N–H and O–H groups in total. The zero-order chi connectivity index (χ0) is 18.7. The highest BCUT2D eigenvalue weighted by Gasteiger charge is 2.28. The second-order valence-electron chi connectivity index (χ2n) is 5.91. The molecular formula is C16H19FN4O4S. The molecule has 1 amide bonds. The molecular weight excluding hydrogens is 363 g/mol. The summed E-state index contributed by atoms with van der Waals surface area (Å²) >= 11 is 0. The molecule has 0 spiro atoms. The normalized spacial score (nSPS) is 15.8. The molecule has 1 aromatic carbocycles. The van der Waals surface area contributed by atoms with Crippen molar-refractivity contribution < 1.29 is 22.3 Å². The van der Waals surface area contributed by atoms with Crippen LogP contribution in [0, 0.1) is 12.7 Å². The molecule has 0 unspecified atom stereocenters. The zero-order valence-corrected chi connectivity index (χ0v) is 15.0. The van der Waals surface area contributed by atoms with E-state index in [9.17, 15) is 17.6 Å². The van der Waals surface area contributed by atoms with Gasteiger partial charge in [-0.05, 0) is 24.6 Å². The number of carbonyl (C=O) groups is 1. The number of carbonyl (C=O) groups excluding carboxylic acids is 1. The van der Waals surface area contributed by atoms with Gasteiger partial charge in [-0.1, -0.05) is 6.07 Å². The summed E-state index contributed by atoms with van der Waals surface area (Å²) in [6.07, 6.45) is 2.59. The number of imidazole rings is 1. The molecule has 1 aliphatic heterocycles. The number of hydrogen-bond donors (Lipinski definition) is 1. The molecule has 1 aromatic heterocycles. The fraction of sp³-hybridized carbons (Fsp3) is 0.375. The number of halogens is 1. The highest BCUT2D eigenvalue weighted by Crippen LogP contribution is 2.16. The van der Waals surface area contributed by atoms with Crippen LogP contribution in [0.25, 0.3) is 0 Å². The summed E-state index contributed by atoms with van der Waals surface area (Å²) in [5.41, 5.74) is 0.815. The lowest BCUT2D eigenvalue weighted by Gasteiger charge is -2.24. The van der Waals surface area contributed by atoms with Crippen molar-refractivity contribution in [1.82, 2.24) is 13.9 Å². The molecule has 0 aliphatic carbocycles. The van der Waals surface area contributed by atoms with Gasteiger partial charge >= 0.3 is 0 Å². The van der Waals surface area contributed by atoms with E-state index in [1.54, 1.807) is 19.1 Å². The molecule has 10 heteroatoms. The Morgan fingerprint density at radius 2 is 2.08 bits per heavy atom. The van der Waals surface area contributed by atoms with Crippen molar-refractivity contribution in [2.24, 2.45) is 0 Å². The first-order valence-electron chi connectivity index (χ1n) is 8.02. The third-order valence-electron chi connectivity index (χ3n) is 3.97. The number of nitrogens with zero attached hydrogens (tertiary/aromatic N) is 3. The van der Waals surface area contributed by atoms with E-state index in [0.29, 0.717) is 24.5 Å². The van der Waals surface area contributed by atoms with Crippen molar-refractivity contribution in [3.8, 4) is 0 Å². The summed E-state index contributed by atoms with van der Waals surface area (Å²) in [5.74, 6) is -0.828. The van der Waals surface area contributed by atoms with Crippen LogP contribution in [0.1, 0.15) is 5.56 Å². The van der Waals surface area contributed by atoms with Crippen molar-refractivity contribution >= 4 is 21.6 Å². The van der Waals surface area contributed by atoms with E-state index in [-0.39, 0.29) is 24.7 Å². The van der Waals surface area contributed by atoms with Crippen LogP contribution in [0.5, 0.6) is 0 Å². The second kappa shape index (κ2) is 7.52. The Balaban J connectivity index is 1.65. The molecule has 1 aliphatic rings. The zero-order valence-electron chi connectivity index (χ0n) is 14.2. The first kappa shape index (κ1) is 18.5. The molecule has 26 heavy (non-hydrogen) atoms. The third kappa shape index (κ3) is 4.09. The lowest BCUT2D eigenvalue weighted by molar-refractivity contribution is -0.116. The van der Waals surface area contributed by atoms with E-state index in [2.05, 4.69) is 10.3 Å². The smallest absolute Gasteiger partial charge is 0.262 e. The number of amides is 1. The standard InChI is InChI=1S/C16H19FN4O4S/c1-12-2-3-13(8-14(12)17)19-15(22)9-20-10-16(18-11-20)26(23,24)21-4-6-25-7-5-21/h2-3,8,10-11H,4-7,9H2,1H3,(H,19,22). The summed E-state index contributed by atoms with van der Waals surface area (Å²) in [5, 5.41) is 2.45. The number of morpholine rings is 1. The van der Waals surface area contributed by atoms with Crippen LogP contribution in [-0.2, 0) is 26.1 Å². The number of nitrogens with one attached hydrogen (secondary N) is 1. The molecule has 0 radical (unpaired) electrons. The Morgan fingerprint density at radius 3 is 2.77 bits per heavy atom. The Labute approximate surface area is 150 Å². The molecule has 2 heterocycles. The number of sulfonamides is 1. The fourth-order valence-electron chi connectivity index (χ4n) is 2.52. The molecule has 2 aromatic rings. The van der Waals surface area contributed by atoms with E-state index in [4.69, 9.17) is 4.74 Å². The molecule has 0 bridgehead atoms. The molecule has 1 fully saturated rings. The number of aryl methyl sites for hydroxylation is 1. The summed E-state index contributed by atoms with van der Waals surface area (Å²) in [6.45, 7) is 2.72. The van der Waals surface area contributed by atoms with Gasteiger partial charge in [0.05, 0.1) is 19.5 Å². The Bertz CT molecular complexity index is 907. The van der Waals surface area contributed by atoms with Crippen LogP contribution in [0.4, 0.5) is 10.1 Å². The van der Waals surface area contributed by atoms with E-state index in [1.807, 2.05) is 0 Å². The van der Waals surface area contributed by atoms with Crippen LogP contribution < -0.4 is 5.32 Å². The van der Waals surface area contributed by atoms with Crippen molar-refractivity contribution in [2.45, 2.75) is 18.5 Å². The van der Waals surface area contributed by atoms with Crippen molar-refractivity contribution in [2.75, 3.05) is 31.6 Å². The van der Waals surface area contributed by atoms with Crippen molar-refractivity contribution in [1.29, 1.82) is 0 Å². The van der Waals surface area contributed by atoms with Crippen LogP contribution >= 0.6 is 0 Å². The van der Waals surface area contributed by atoms with E-state index in [0.717, 1.165) is 0 Å². The van der Waals surface area contributed by atoms with Crippen LogP contribution in [0.2, 0.25) is 0 Å².